The quantitative estimate of drug-likeness (QED) is 0.917. The molecular weight excluding hydrogens is 302 g/mol. The molecule has 5 heteroatoms. The van der Waals surface area contributed by atoms with Crippen LogP contribution < -0.4 is 10.1 Å². The SMILES string of the molecule is Cn1cc([C@@H]2OCC[C@H]2CNCC2CCOc3ccccc32)cn1. The van der Waals surface area contributed by atoms with Crippen LogP contribution >= 0.6 is 0 Å². The van der Waals surface area contributed by atoms with Crippen molar-refractivity contribution in [3.63, 3.8) is 0 Å². The lowest BCUT2D eigenvalue weighted by Gasteiger charge is -2.27. The predicted octanol–water partition coefficient (Wildman–Crippen LogP) is 2.65. The second-order valence-electron chi connectivity index (χ2n) is 6.82. The van der Waals surface area contributed by atoms with Crippen molar-refractivity contribution < 1.29 is 9.47 Å². The highest BCUT2D eigenvalue weighted by molar-refractivity contribution is 5.37. The van der Waals surface area contributed by atoms with E-state index in [1.165, 1.54) is 11.1 Å². The molecule has 1 aromatic heterocycles. The van der Waals surface area contributed by atoms with Crippen LogP contribution in [0.25, 0.3) is 0 Å². The van der Waals surface area contributed by atoms with Crippen molar-refractivity contribution in [1.29, 1.82) is 0 Å². The van der Waals surface area contributed by atoms with Crippen LogP contribution in [-0.4, -0.2) is 36.1 Å². The zero-order valence-corrected chi connectivity index (χ0v) is 14.1. The molecule has 1 aromatic carbocycles. The van der Waals surface area contributed by atoms with Crippen LogP contribution in [0.2, 0.25) is 0 Å². The first-order valence-corrected chi connectivity index (χ1v) is 8.84. The van der Waals surface area contributed by atoms with E-state index in [1.54, 1.807) is 0 Å². The molecule has 1 fully saturated rings. The summed E-state index contributed by atoms with van der Waals surface area (Å²) in [6, 6.07) is 8.41. The number of fused-ring (bicyclic) bond motifs is 1. The van der Waals surface area contributed by atoms with Crippen LogP contribution in [0.15, 0.2) is 36.7 Å². The molecule has 0 saturated carbocycles. The summed E-state index contributed by atoms with van der Waals surface area (Å²) in [5.74, 6) is 2.10. The molecule has 24 heavy (non-hydrogen) atoms. The Bertz CT molecular complexity index is 685. The molecule has 0 aliphatic carbocycles. The molecule has 0 bridgehead atoms. The van der Waals surface area contributed by atoms with Crippen molar-refractivity contribution in [2.75, 3.05) is 26.3 Å². The van der Waals surface area contributed by atoms with Crippen LogP contribution in [0.5, 0.6) is 5.75 Å². The monoisotopic (exact) mass is 327 g/mol. The first kappa shape index (κ1) is 15.7. The van der Waals surface area contributed by atoms with Gasteiger partial charge in [0.05, 0.1) is 18.9 Å². The molecule has 0 amide bonds. The zero-order valence-electron chi connectivity index (χ0n) is 14.1. The number of rotatable bonds is 5. The Hall–Kier alpha value is -1.85. The third-order valence-electron chi connectivity index (χ3n) is 5.15. The maximum Gasteiger partial charge on any atom is 0.122 e. The molecule has 2 aliphatic rings. The fourth-order valence-corrected chi connectivity index (χ4v) is 3.87. The Kier molecular flexibility index (Phi) is 4.54. The fourth-order valence-electron chi connectivity index (χ4n) is 3.87. The lowest BCUT2D eigenvalue weighted by atomic mass is 9.92. The summed E-state index contributed by atoms with van der Waals surface area (Å²) in [6.07, 6.45) is 6.36. The van der Waals surface area contributed by atoms with Gasteiger partial charge in [0.25, 0.3) is 0 Å². The van der Waals surface area contributed by atoms with Gasteiger partial charge >= 0.3 is 0 Å². The minimum absolute atomic E-state index is 0.174. The van der Waals surface area contributed by atoms with Crippen molar-refractivity contribution in [3.05, 3.63) is 47.8 Å². The summed E-state index contributed by atoms with van der Waals surface area (Å²) in [5, 5.41) is 7.96. The molecule has 1 unspecified atom stereocenters. The standard InChI is InChI=1S/C19H25N3O2/c1-22-13-16(12-21-22)19-15(7-9-24-19)11-20-10-14-6-8-23-18-5-3-2-4-17(14)18/h2-5,12-15,19-20H,6-11H2,1H3/t14?,15-,19+/m0/s1. The Labute approximate surface area is 143 Å². The highest BCUT2D eigenvalue weighted by Gasteiger charge is 2.30. The predicted molar refractivity (Wildman–Crippen MR) is 92.2 cm³/mol. The van der Waals surface area contributed by atoms with Crippen LogP contribution in [0, 0.1) is 5.92 Å². The second kappa shape index (κ2) is 6.95. The van der Waals surface area contributed by atoms with E-state index in [4.69, 9.17) is 9.47 Å². The van der Waals surface area contributed by atoms with Gasteiger partial charge in [-0.15, -0.1) is 0 Å². The van der Waals surface area contributed by atoms with Gasteiger partial charge < -0.3 is 14.8 Å². The number of hydrogen-bond donors (Lipinski definition) is 1. The number of ether oxygens (including phenoxy) is 2. The summed E-state index contributed by atoms with van der Waals surface area (Å²) in [7, 11) is 1.95. The Morgan fingerprint density at radius 1 is 1.21 bits per heavy atom. The molecule has 5 nitrogen and oxygen atoms in total. The fraction of sp³-hybridized carbons (Fsp3) is 0.526. The van der Waals surface area contributed by atoms with E-state index in [-0.39, 0.29) is 6.10 Å². The first-order chi connectivity index (χ1) is 11.8. The summed E-state index contributed by atoms with van der Waals surface area (Å²) < 4.78 is 13.6. The van der Waals surface area contributed by atoms with E-state index >= 15 is 0 Å². The van der Waals surface area contributed by atoms with Gasteiger partial charge in [-0.2, -0.15) is 5.10 Å². The highest BCUT2D eigenvalue weighted by atomic mass is 16.5. The van der Waals surface area contributed by atoms with Gasteiger partial charge in [-0.05, 0) is 24.5 Å². The van der Waals surface area contributed by atoms with Crippen LogP contribution in [0.4, 0.5) is 0 Å². The number of nitrogens with one attached hydrogen (secondary N) is 1. The van der Waals surface area contributed by atoms with E-state index in [0.717, 1.165) is 44.9 Å². The summed E-state index contributed by atoms with van der Waals surface area (Å²) in [6.45, 7) is 3.63. The number of nitrogens with zero attached hydrogens (tertiary/aromatic N) is 2. The van der Waals surface area contributed by atoms with Crippen molar-refractivity contribution in [2.45, 2.75) is 24.9 Å². The Balaban J connectivity index is 1.34. The maximum atomic E-state index is 5.95. The molecular formula is C19H25N3O2. The minimum atomic E-state index is 0.174. The van der Waals surface area contributed by atoms with Gasteiger partial charge in [0.2, 0.25) is 0 Å². The smallest absolute Gasteiger partial charge is 0.122 e. The summed E-state index contributed by atoms with van der Waals surface area (Å²) in [5.41, 5.74) is 2.53. The van der Waals surface area contributed by atoms with Crippen molar-refractivity contribution in [1.82, 2.24) is 15.1 Å². The number of para-hydroxylation sites is 1. The van der Waals surface area contributed by atoms with Gasteiger partial charge in [-0.25, -0.2) is 0 Å². The normalized spacial score (nSPS) is 26.1. The van der Waals surface area contributed by atoms with E-state index in [1.807, 2.05) is 24.0 Å². The van der Waals surface area contributed by atoms with Gasteiger partial charge in [-0.1, -0.05) is 18.2 Å². The lowest BCUT2D eigenvalue weighted by Crippen LogP contribution is -2.30. The molecule has 4 rings (SSSR count). The summed E-state index contributed by atoms with van der Waals surface area (Å²) >= 11 is 0. The molecule has 2 aromatic rings. The zero-order chi connectivity index (χ0) is 16.4. The molecule has 2 aliphatic heterocycles. The molecule has 0 spiro atoms. The Morgan fingerprint density at radius 3 is 3.00 bits per heavy atom. The maximum absolute atomic E-state index is 5.95. The lowest BCUT2D eigenvalue weighted by molar-refractivity contribution is 0.0903. The molecule has 128 valence electrons. The number of aromatic nitrogens is 2. The molecule has 1 saturated heterocycles. The van der Waals surface area contributed by atoms with Crippen LogP contribution in [0.1, 0.15) is 36.0 Å². The van der Waals surface area contributed by atoms with E-state index < -0.39 is 0 Å². The minimum Gasteiger partial charge on any atom is -0.493 e. The third kappa shape index (κ3) is 3.19. The molecule has 1 N–H and O–H groups in total. The largest absolute Gasteiger partial charge is 0.493 e. The molecule has 0 radical (unpaired) electrons. The second-order valence-corrected chi connectivity index (χ2v) is 6.82. The third-order valence-corrected chi connectivity index (χ3v) is 5.15. The van der Waals surface area contributed by atoms with Gasteiger partial charge in [-0.3, -0.25) is 4.68 Å². The summed E-state index contributed by atoms with van der Waals surface area (Å²) in [4.78, 5) is 0. The van der Waals surface area contributed by atoms with E-state index in [0.29, 0.717) is 11.8 Å². The van der Waals surface area contributed by atoms with Gasteiger partial charge in [0, 0.05) is 50.3 Å². The average Bonchev–Trinajstić information content (AvgIpc) is 3.24. The highest BCUT2D eigenvalue weighted by Crippen LogP contribution is 2.35. The number of aryl methyl sites for hydroxylation is 1. The number of benzene rings is 1. The van der Waals surface area contributed by atoms with Crippen LogP contribution in [0.3, 0.4) is 0 Å². The molecule has 3 heterocycles. The van der Waals surface area contributed by atoms with E-state index in [2.05, 4.69) is 34.8 Å². The van der Waals surface area contributed by atoms with E-state index in [9.17, 15) is 0 Å². The first-order valence-electron chi connectivity index (χ1n) is 8.84. The average molecular weight is 327 g/mol. The Morgan fingerprint density at radius 2 is 2.12 bits per heavy atom. The van der Waals surface area contributed by atoms with Crippen molar-refractivity contribution in [2.24, 2.45) is 13.0 Å². The van der Waals surface area contributed by atoms with Gasteiger partial charge in [0.1, 0.15) is 5.75 Å². The van der Waals surface area contributed by atoms with Crippen molar-refractivity contribution >= 4 is 0 Å². The van der Waals surface area contributed by atoms with Crippen LogP contribution in [-0.2, 0) is 11.8 Å². The number of hydrogen-bond acceptors (Lipinski definition) is 4. The van der Waals surface area contributed by atoms with Gasteiger partial charge in [0.15, 0.2) is 0 Å². The molecule has 3 atom stereocenters. The van der Waals surface area contributed by atoms with Crippen molar-refractivity contribution in [3.8, 4) is 5.75 Å². The topological polar surface area (TPSA) is 48.3 Å².